The summed E-state index contributed by atoms with van der Waals surface area (Å²) < 4.78 is 5.10. The van der Waals surface area contributed by atoms with Crippen LogP contribution in [0.3, 0.4) is 0 Å². The standard InChI is InChI=1S/C20H40N6O2.HI/c1-5-21-19(22-16-17(4)25-14-12-24(6-2)13-15-25)23-18-8-10-26(11-9-18)20(27)28-7-3;/h17-18H,5-16H2,1-4H3,(H2,21,22,23);1H. The van der Waals surface area contributed by atoms with Crippen LogP contribution in [0.4, 0.5) is 4.79 Å². The van der Waals surface area contributed by atoms with Gasteiger partial charge in [-0.15, -0.1) is 24.0 Å². The van der Waals surface area contributed by atoms with Crippen molar-refractivity contribution >= 4 is 36.0 Å². The van der Waals surface area contributed by atoms with E-state index in [1.807, 2.05) is 6.92 Å². The van der Waals surface area contributed by atoms with Crippen molar-refractivity contribution in [3.63, 3.8) is 0 Å². The number of carbonyl (C=O) groups is 1. The Balaban J connectivity index is 0.00000420. The third-order valence-electron chi connectivity index (χ3n) is 5.70. The van der Waals surface area contributed by atoms with E-state index in [1.54, 1.807) is 4.90 Å². The second-order valence-electron chi connectivity index (χ2n) is 7.64. The summed E-state index contributed by atoms with van der Waals surface area (Å²) in [5.41, 5.74) is 0. The van der Waals surface area contributed by atoms with Crippen molar-refractivity contribution in [2.24, 2.45) is 4.99 Å². The van der Waals surface area contributed by atoms with Crippen molar-refractivity contribution in [2.45, 2.75) is 52.6 Å². The molecular formula is C20H41IN6O2. The highest BCUT2D eigenvalue weighted by Gasteiger charge is 2.24. The molecule has 1 amide bonds. The quantitative estimate of drug-likeness (QED) is 0.301. The van der Waals surface area contributed by atoms with E-state index in [1.165, 1.54) is 0 Å². The third-order valence-corrected chi connectivity index (χ3v) is 5.70. The molecule has 0 radical (unpaired) electrons. The number of piperazine rings is 1. The number of rotatable bonds is 7. The number of likely N-dealkylation sites (tertiary alicyclic amines) is 1. The smallest absolute Gasteiger partial charge is 0.409 e. The Kier molecular flexibility index (Phi) is 12.9. The Morgan fingerprint density at radius 3 is 2.31 bits per heavy atom. The molecule has 0 aromatic carbocycles. The Morgan fingerprint density at radius 2 is 1.76 bits per heavy atom. The zero-order valence-electron chi connectivity index (χ0n) is 18.7. The van der Waals surface area contributed by atoms with Crippen molar-refractivity contribution in [1.82, 2.24) is 25.3 Å². The summed E-state index contributed by atoms with van der Waals surface area (Å²) in [5.74, 6) is 0.885. The van der Waals surface area contributed by atoms with Gasteiger partial charge in [0.05, 0.1) is 13.2 Å². The van der Waals surface area contributed by atoms with Crippen LogP contribution in [-0.2, 0) is 4.74 Å². The van der Waals surface area contributed by atoms with Crippen molar-refractivity contribution in [3.8, 4) is 0 Å². The lowest BCUT2D eigenvalue weighted by molar-refractivity contribution is 0.0962. The number of halogens is 1. The number of amides is 1. The Hall–Kier alpha value is -0.810. The van der Waals surface area contributed by atoms with Crippen LogP contribution < -0.4 is 10.6 Å². The van der Waals surface area contributed by atoms with Gasteiger partial charge in [-0.2, -0.15) is 0 Å². The Labute approximate surface area is 193 Å². The fourth-order valence-electron chi connectivity index (χ4n) is 3.79. The number of nitrogens with zero attached hydrogens (tertiary/aromatic N) is 4. The van der Waals surface area contributed by atoms with Crippen molar-refractivity contribution in [2.75, 3.05) is 65.5 Å². The van der Waals surface area contributed by atoms with Gasteiger partial charge in [0, 0.05) is 57.9 Å². The predicted molar refractivity (Wildman–Crippen MR) is 129 cm³/mol. The van der Waals surface area contributed by atoms with Crippen molar-refractivity contribution < 1.29 is 9.53 Å². The molecule has 0 spiro atoms. The second-order valence-corrected chi connectivity index (χ2v) is 7.64. The normalized spacial score (nSPS) is 20.7. The van der Waals surface area contributed by atoms with Crippen LogP contribution >= 0.6 is 24.0 Å². The van der Waals surface area contributed by atoms with E-state index >= 15 is 0 Å². The lowest BCUT2D eigenvalue weighted by Gasteiger charge is -2.37. The highest BCUT2D eigenvalue weighted by Crippen LogP contribution is 2.12. The average molecular weight is 524 g/mol. The van der Waals surface area contributed by atoms with E-state index < -0.39 is 0 Å². The molecule has 0 aromatic heterocycles. The van der Waals surface area contributed by atoms with E-state index in [0.717, 1.165) is 77.7 Å². The number of piperidine rings is 1. The number of nitrogens with one attached hydrogen (secondary N) is 2. The van der Waals surface area contributed by atoms with Gasteiger partial charge in [-0.25, -0.2) is 4.79 Å². The lowest BCUT2D eigenvalue weighted by Crippen LogP contribution is -2.51. The lowest BCUT2D eigenvalue weighted by atomic mass is 10.1. The van der Waals surface area contributed by atoms with Gasteiger partial charge in [-0.3, -0.25) is 9.89 Å². The molecule has 2 saturated heterocycles. The van der Waals surface area contributed by atoms with Crippen molar-refractivity contribution in [1.29, 1.82) is 0 Å². The molecule has 2 heterocycles. The second kappa shape index (κ2) is 14.2. The minimum atomic E-state index is -0.196. The summed E-state index contributed by atoms with van der Waals surface area (Å²) in [5, 5.41) is 6.92. The van der Waals surface area contributed by atoms with E-state index in [0.29, 0.717) is 18.7 Å². The summed E-state index contributed by atoms with van der Waals surface area (Å²) in [4.78, 5) is 23.5. The van der Waals surface area contributed by atoms with Crippen LogP contribution in [0.1, 0.15) is 40.5 Å². The number of ether oxygens (including phenoxy) is 1. The fourth-order valence-corrected chi connectivity index (χ4v) is 3.79. The Bertz CT molecular complexity index is 491. The van der Waals surface area contributed by atoms with Crippen LogP contribution in [0.15, 0.2) is 4.99 Å². The molecule has 1 atom stereocenters. The summed E-state index contributed by atoms with van der Waals surface area (Å²) in [6.07, 6.45) is 1.63. The van der Waals surface area contributed by atoms with Gasteiger partial charge in [0.1, 0.15) is 0 Å². The highest BCUT2D eigenvalue weighted by molar-refractivity contribution is 14.0. The molecule has 29 heavy (non-hydrogen) atoms. The minimum absolute atomic E-state index is 0. The number of guanidine groups is 1. The largest absolute Gasteiger partial charge is 0.450 e. The zero-order chi connectivity index (χ0) is 20.4. The topological polar surface area (TPSA) is 72.4 Å². The van der Waals surface area contributed by atoms with Gasteiger partial charge in [0.25, 0.3) is 0 Å². The maximum atomic E-state index is 11.8. The van der Waals surface area contributed by atoms with Crippen LogP contribution in [0, 0.1) is 0 Å². The molecule has 2 N–H and O–H groups in total. The predicted octanol–water partition coefficient (Wildman–Crippen LogP) is 1.81. The van der Waals surface area contributed by atoms with Gasteiger partial charge in [-0.1, -0.05) is 6.92 Å². The van der Waals surface area contributed by atoms with E-state index in [9.17, 15) is 4.79 Å². The number of aliphatic imine (C=N–C) groups is 1. The molecule has 9 heteroatoms. The van der Waals surface area contributed by atoms with Gasteiger partial charge < -0.3 is 25.2 Å². The molecule has 170 valence electrons. The highest BCUT2D eigenvalue weighted by atomic mass is 127. The monoisotopic (exact) mass is 524 g/mol. The average Bonchev–Trinajstić information content (AvgIpc) is 2.72. The maximum absolute atomic E-state index is 11.8. The van der Waals surface area contributed by atoms with Crippen molar-refractivity contribution in [3.05, 3.63) is 0 Å². The minimum Gasteiger partial charge on any atom is -0.450 e. The number of likely N-dealkylation sites (N-methyl/N-ethyl adjacent to an activating group) is 1. The van der Waals surface area contributed by atoms with Crippen LogP contribution in [0.2, 0.25) is 0 Å². The van der Waals surface area contributed by atoms with Gasteiger partial charge in [-0.05, 0) is 40.2 Å². The maximum Gasteiger partial charge on any atom is 0.409 e. The van der Waals surface area contributed by atoms with Gasteiger partial charge in [0.2, 0.25) is 0 Å². The molecule has 2 aliphatic rings. The van der Waals surface area contributed by atoms with Crippen LogP contribution in [0.25, 0.3) is 0 Å². The number of carbonyl (C=O) groups excluding carboxylic acids is 1. The Morgan fingerprint density at radius 1 is 1.10 bits per heavy atom. The van der Waals surface area contributed by atoms with Gasteiger partial charge in [0.15, 0.2) is 5.96 Å². The zero-order valence-corrected chi connectivity index (χ0v) is 21.0. The molecule has 0 bridgehead atoms. The molecular weight excluding hydrogens is 483 g/mol. The summed E-state index contributed by atoms with van der Waals surface area (Å²) >= 11 is 0. The molecule has 0 saturated carbocycles. The van der Waals surface area contributed by atoms with Crippen LogP contribution in [0.5, 0.6) is 0 Å². The van der Waals surface area contributed by atoms with E-state index in [2.05, 4.69) is 41.2 Å². The molecule has 2 rings (SSSR count). The summed E-state index contributed by atoms with van der Waals surface area (Å²) in [7, 11) is 0. The molecule has 8 nitrogen and oxygen atoms in total. The van der Waals surface area contributed by atoms with Gasteiger partial charge >= 0.3 is 6.09 Å². The molecule has 0 aromatic rings. The first-order chi connectivity index (χ1) is 13.6. The first kappa shape index (κ1) is 26.2. The van der Waals surface area contributed by atoms with E-state index in [4.69, 9.17) is 9.73 Å². The molecule has 1 unspecified atom stereocenters. The van der Waals surface area contributed by atoms with E-state index in [-0.39, 0.29) is 30.1 Å². The number of hydrogen-bond acceptors (Lipinski definition) is 5. The third kappa shape index (κ3) is 8.84. The number of hydrogen-bond donors (Lipinski definition) is 2. The summed E-state index contributed by atoms with van der Waals surface area (Å²) in [6, 6.07) is 0.784. The molecule has 0 aliphatic carbocycles. The molecule has 2 aliphatic heterocycles. The molecule has 2 fully saturated rings. The SMILES string of the molecule is CCNC(=NCC(C)N1CCN(CC)CC1)NC1CCN(C(=O)OCC)CC1.I. The summed E-state index contributed by atoms with van der Waals surface area (Å²) in [6.45, 7) is 17.7. The first-order valence-electron chi connectivity index (χ1n) is 11.0. The van der Waals surface area contributed by atoms with Crippen LogP contribution in [-0.4, -0.2) is 104 Å². The first-order valence-corrected chi connectivity index (χ1v) is 11.0. The fraction of sp³-hybridized carbons (Fsp3) is 0.900.